The molecular formula is C19H22N6O2S. The second-order valence-electron chi connectivity index (χ2n) is 6.17. The van der Waals surface area contributed by atoms with Gasteiger partial charge in [0.15, 0.2) is 9.92 Å². The van der Waals surface area contributed by atoms with E-state index in [0.717, 1.165) is 35.1 Å². The largest absolute Gasteiger partial charge is 0.390 e. The molecule has 9 heteroatoms. The number of nitrogens with one attached hydrogen (secondary N) is 1. The van der Waals surface area contributed by atoms with Gasteiger partial charge in [0.2, 0.25) is 0 Å². The molecule has 146 valence electrons. The summed E-state index contributed by atoms with van der Waals surface area (Å²) >= 11 is 0. The first-order valence-electron chi connectivity index (χ1n) is 8.79. The predicted octanol–water partition coefficient (Wildman–Crippen LogP) is 2.61. The highest BCUT2D eigenvalue weighted by atomic mass is 32.2. The predicted molar refractivity (Wildman–Crippen MR) is 112 cm³/mol. The minimum absolute atomic E-state index is 0.213. The molecule has 0 spiro atoms. The quantitative estimate of drug-likeness (QED) is 0.667. The van der Waals surface area contributed by atoms with Crippen molar-refractivity contribution >= 4 is 27.8 Å². The Morgan fingerprint density at radius 1 is 1.29 bits per heavy atom. The number of aromatic nitrogens is 1. The van der Waals surface area contributed by atoms with Gasteiger partial charge >= 0.3 is 6.03 Å². The van der Waals surface area contributed by atoms with Crippen molar-refractivity contribution < 1.29 is 9.00 Å². The van der Waals surface area contributed by atoms with Crippen LogP contribution in [0.2, 0.25) is 0 Å². The lowest BCUT2D eigenvalue weighted by Gasteiger charge is -2.25. The number of rotatable bonds is 5. The highest BCUT2D eigenvalue weighted by Gasteiger charge is 2.22. The number of pyridine rings is 1. The van der Waals surface area contributed by atoms with Crippen LogP contribution in [0.15, 0.2) is 57.1 Å². The van der Waals surface area contributed by atoms with Crippen LogP contribution >= 0.6 is 0 Å². The Morgan fingerprint density at radius 2 is 2.04 bits per heavy atom. The van der Waals surface area contributed by atoms with Gasteiger partial charge in [-0.15, -0.1) is 4.36 Å². The number of anilines is 1. The molecule has 5 N–H and O–H groups in total. The maximum Gasteiger partial charge on any atom is 0.354 e. The van der Waals surface area contributed by atoms with Crippen molar-refractivity contribution in [2.24, 2.45) is 20.2 Å². The smallest absolute Gasteiger partial charge is 0.354 e. The van der Waals surface area contributed by atoms with E-state index < -0.39 is 15.9 Å². The fraction of sp³-hybridized carbons (Fsp3) is 0.211. The van der Waals surface area contributed by atoms with Crippen LogP contribution in [0.5, 0.6) is 0 Å². The first kappa shape index (κ1) is 19.7. The molecule has 1 unspecified atom stereocenters. The normalized spacial score (nSPS) is 15.4. The lowest BCUT2D eigenvalue weighted by atomic mass is 9.84. The third kappa shape index (κ3) is 4.26. The number of aliphatic imine (C=N–C) groups is 1. The highest BCUT2D eigenvalue weighted by Crippen LogP contribution is 2.38. The van der Waals surface area contributed by atoms with Crippen LogP contribution < -0.4 is 16.2 Å². The first-order valence-corrected chi connectivity index (χ1v) is 10.4. The summed E-state index contributed by atoms with van der Waals surface area (Å²) < 4.78 is 16.1. The van der Waals surface area contributed by atoms with Crippen LogP contribution in [-0.2, 0) is 22.8 Å². The first-order chi connectivity index (χ1) is 13.4. The summed E-state index contributed by atoms with van der Waals surface area (Å²) in [7, 11) is -3.54. The van der Waals surface area contributed by atoms with Gasteiger partial charge in [-0.1, -0.05) is 12.1 Å². The molecule has 3 rings (SSSR count). The van der Waals surface area contributed by atoms with E-state index >= 15 is 0 Å². The molecule has 1 atom stereocenters. The topological polar surface area (TPSA) is 136 Å². The minimum Gasteiger partial charge on any atom is -0.390 e. The van der Waals surface area contributed by atoms with Gasteiger partial charge in [0.1, 0.15) is 5.03 Å². The van der Waals surface area contributed by atoms with Crippen LogP contribution in [-0.4, -0.2) is 28.0 Å². The number of carbonyl (C=O) groups excluding carboxylic acids is 1. The molecule has 8 nitrogen and oxygen atoms in total. The van der Waals surface area contributed by atoms with E-state index in [0.29, 0.717) is 12.2 Å². The summed E-state index contributed by atoms with van der Waals surface area (Å²) in [5, 5.41) is 8.20. The number of aryl methyl sites for hydroxylation is 1. The van der Waals surface area contributed by atoms with E-state index in [9.17, 15) is 9.00 Å². The zero-order chi connectivity index (χ0) is 20.1. The lowest BCUT2D eigenvalue weighted by molar-refractivity contribution is 0.260. The third-order valence-corrected chi connectivity index (χ3v) is 5.61. The van der Waals surface area contributed by atoms with Crippen LogP contribution in [0.25, 0.3) is 11.1 Å². The number of urea groups is 1. The molecule has 1 aliphatic carbocycles. The molecule has 1 aliphatic rings. The number of hydrogen-bond acceptors (Lipinski definition) is 5. The average molecular weight is 398 g/mol. The summed E-state index contributed by atoms with van der Waals surface area (Å²) in [5.74, 6) is 0. The molecule has 0 radical (unpaired) electrons. The van der Waals surface area contributed by atoms with Crippen molar-refractivity contribution in [1.29, 1.82) is 0 Å². The summed E-state index contributed by atoms with van der Waals surface area (Å²) in [5.41, 5.74) is 10.3. The molecule has 0 fully saturated rings. The van der Waals surface area contributed by atoms with Crippen molar-refractivity contribution in [2.75, 3.05) is 11.9 Å². The number of fused-ring (bicyclic) bond motifs is 1. The molecular weight excluding hydrogens is 376 g/mol. The molecule has 1 aromatic carbocycles. The van der Waals surface area contributed by atoms with E-state index in [-0.39, 0.29) is 5.03 Å². The number of nitrogens with zero attached hydrogens (tertiary/aromatic N) is 3. The van der Waals surface area contributed by atoms with Crippen molar-refractivity contribution in [3.63, 3.8) is 0 Å². The Balaban J connectivity index is 1.93. The number of benzene rings is 1. The van der Waals surface area contributed by atoms with Gasteiger partial charge in [0, 0.05) is 30.7 Å². The number of nitrogens with two attached hydrogens (primary N) is 2. The second-order valence-corrected chi connectivity index (χ2v) is 7.96. The molecule has 2 aromatic rings. The van der Waals surface area contributed by atoms with E-state index in [2.05, 4.69) is 19.7 Å². The Bertz CT molecular complexity index is 1070. The van der Waals surface area contributed by atoms with Gasteiger partial charge in [0.25, 0.3) is 0 Å². The number of allylic oxidation sites excluding steroid dienone is 1. The average Bonchev–Trinajstić information content (AvgIpc) is 2.63. The van der Waals surface area contributed by atoms with Crippen molar-refractivity contribution in [3.05, 3.63) is 58.9 Å². The van der Waals surface area contributed by atoms with Gasteiger partial charge < -0.3 is 11.1 Å². The monoisotopic (exact) mass is 398 g/mol. The minimum atomic E-state index is -3.54. The zero-order valence-corrected chi connectivity index (χ0v) is 16.3. The molecule has 0 saturated carbocycles. The van der Waals surface area contributed by atoms with Crippen molar-refractivity contribution in [2.45, 2.75) is 19.8 Å². The number of amides is 2. The van der Waals surface area contributed by atoms with Gasteiger partial charge in [-0.05, 0) is 54.7 Å². The van der Waals surface area contributed by atoms with E-state index in [1.807, 2.05) is 31.2 Å². The third-order valence-electron chi connectivity index (χ3n) is 4.36. The second kappa shape index (κ2) is 8.32. The molecule has 28 heavy (non-hydrogen) atoms. The molecule has 0 bridgehead atoms. The molecule has 0 saturated heterocycles. The standard InChI is InChI=1S/C19H22N6O2S/c1-2-22-12-9-17(20)28(21,27)25-19(26)24-18-15-5-3-13(15)4-6-16(18)14-7-10-23-11-8-14/h4,6-12H,2-3,5,20H2,1H3,(H3,21,24,25,26,27). The maximum absolute atomic E-state index is 12.5. The van der Waals surface area contributed by atoms with Gasteiger partial charge in [-0.25, -0.2) is 14.1 Å². The summed E-state index contributed by atoms with van der Waals surface area (Å²) in [6.07, 6.45) is 7.84. The summed E-state index contributed by atoms with van der Waals surface area (Å²) in [6, 6.07) is 6.88. The number of carbonyl (C=O) groups is 1. The lowest BCUT2D eigenvalue weighted by Crippen LogP contribution is -2.24. The Kier molecular flexibility index (Phi) is 5.86. The number of hydrogen-bond donors (Lipinski definition) is 3. The van der Waals surface area contributed by atoms with Crippen molar-refractivity contribution in [3.8, 4) is 11.1 Å². The van der Waals surface area contributed by atoms with Gasteiger partial charge in [-0.3, -0.25) is 9.98 Å². The van der Waals surface area contributed by atoms with Crippen LogP contribution in [0.4, 0.5) is 10.5 Å². The SMILES string of the molecule is CCN=CC=C(N)S(N)(=O)=NC(=O)Nc1c(-c2ccncc2)ccc2c1CC2. The van der Waals surface area contributed by atoms with E-state index in [1.54, 1.807) is 12.4 Å². The van der Waals surface area contributed by atoms with Crippen LogP contribution in [0.3, 0.4) is 0 Å². The maximum atomic E-state index is 12.5. The Hall–Kier alpha value is -3.04. The molecule has 1 aromatic heterocycles. The van der Waals surface area contributed by atoms with E-state index in [4.69, 9.17) is 10.9 Å². The Labute approximate surface area is 164 Å². The Morgan fingerprint density at radius 3 is 2.68 bits per heavy atom. The van der Waals surface area contributed by atoms with Crippen molar-refractivity contribution in [1.82, 2.24) is 4.98 Å². The molecule has 1 heterocycles. The highest BCUT2D eigenvalue weighted by molar-refractivity contribution is 7.95. The summed E-state index contributed by atoms with van der Waals surface area (Å²) in [6.45, 7) is 2.39. The van der Waals surface area contributed by atoms with Crippen LogP contribution in [0.1, 0.15) is 18.1 Å². The molecule has 2 amide bonds. The fourth-order valence-corrected chi connectivity index (χ4v) is 3.50. The zero-order valence-electron chi connectivity index (χ0n) is 15.5. The van der Waals surface area contributed by atoms with Gasteiger partial charge in [0.05, 0.1) is 5.69 Å². The molecule has 0 aliphatic heterocycles. The van der Waals surface area contributed by atoms with Crippen LogP contribution in [0, 0.1) is 0 Å². The fourth-order valence-electron chi connectivity index (χ4n) is 2.84. The van der Waals surface area contributed by atoms with E-state index in [1.165, 1.54) is 12.3 Å². The van der Waals surface area contributed by atoms with Gasteiger partial charge in [-0.2, -0.15) is 0 Å². The summed E-state index contributed by atoms with van der Waals surface area (Å²) in [4.78, 5) is 20.4.